The van der Waals surface area contributed by atoms with Gasteiger partial charge in [-0.15, -0.1) is 12.4 Å². The van der Waals surface area contributed by atoms with Crippen molar-refractivity contribution >= 4 is 24.1 Å². The zero-order chi connectivity index (χ0) is 16.7. The van der Waals surface area contributed by atoms with Crippen molar-refractivity contribution in [3.63, 3.8) is 0 Å². The molecule has 2 aromatic carbocycles. The van der Waals surface area contributed by atoms with Gasteiger partial charge in [0.2, 0.25) is 0 Å². The minimum absolute atomic E-state index is 0. The molecule has 24 heavy (non-hydrogen) atoms. The molecule has 5 nitrogen and oxygen atoms in total. The average molecular weight is 348 g/mol. The zero-order valence-corrected chi connectivity index (χ0v) is 14.3. The SMILES string of the molecule is CCO[C@H](C(=O)NCc1ccc(C(=N)N)cc1)c1ccccc1.Cl. The average Bonchev–Trinajstić information content (AvgIpc) is 2.58. The molecule has 0 fully saturated rings. The quantitative estimate of drug-likeness (QED) is 0.531. The molecule has 6 heteroatoms. The van der Waals surface area contributed by atoms with Crippen LogP contribution < -0.4 is 11.1 Å². The summed E-state index contributed by atoms with van der Waals surface area (Å²) in [5.41, 5.74) is 7.85. The molecule has 0 bridgehead atoms. The first-order chi connectivity index (χ1) is 11.1. The molecule has 0 spiro atoms. The Labute approximate surface area is 148 Å². The first-order valence-corrected chi connectivity index (χ1v) is 7.49. The molecular formula is C18H22ClN3O2. The highest BCUT2D eigenvalue weighted by molar-refractivity contribution is 5.94. The summed E-state index contributed by atoms with van der Waals surface area (Å²) in [6.07, 6.45) is -0.613. The van der Waals surface area contributed by atoms with Gasteiger partial charge in [0, 0.05) is 18.7 Å². The van der Waals surface area contributed by atoms with Crippen LogP contribution in [0.15, 0.2) is 54.6 Å². The molecule has 0 aliphatic carbocycles. The maximum Gasteiger partial charge on any atom is 0.254 e. The van der Waals surface area contributed by atoms with Crippen molar-refractivity contribution in [3.05, 3.63) is 71.3 Å². The molecule has 0 saturated heterocycles. The van der Waals surface area contributed by atoms with Crippen molar-refractivity contribution in [2.75, 3.05) is 6.61 Å². The van der Waals surface area contributed by atoms with Crippen LogP contribution in [0.1, 0.15) is 29.7 Å². The van der Waals surface area contributed by atoms with E-state index >= 15 is 0 Å². The summed E-state index contributed by atoms with van der Waals surface area (Å²) in [5.74, 6) is -0.144. The first-order valence-electron chi connectivity index (χ1n) is 7.49. The van der Waals surface area contributed by atoms with E-state index < -0.39 is 6.10 Å². The molecule has 128 valence electrons. The molecule has 0 saturated carbocycles. The molecule has 2 rings (SSSR count). The fourth-order valence-electron chi connectivity index (χ4n) is 2.20. The van der Waals surface area contributed by atoms with Crippen LogP contribution in [0.25, 0.3) is 0 Å². The van der Waals surface area contributed by atoms with Crippen LogP contribution in [0, 0.1) is 5.41 Å². The summed E-state index contributed by atoms with van der Waals surface area (Å²) in [5, 5.41) is 10.2. The van der Waals surface area contributed by atoms with Crippen molar-refractivity contribution in [2.24, 2.45) is 5.73 Å². The standard InChI is InChI=1S/C18H21N3O2.ClH/c1-2-23-16(14-6-4-3-5-7-14)18(22)21-12-13-8-10-15(11-9-13)17(19)20;/h3-11,16H,2,12H2,1H3,(H3,19,20)(H,21,22);1H/t16-;/m0./s1. The van der Waals surface area contributed by atoms with Gasteiger partial charge in [-0.2, -0.15) is 0 Å². The monoisotopic (exact) mass is 347 g/mol. The van der Waals surface area contributed by atoms with Gasteiger partial charge in [-0.05, 0) is 18.1 Å². The number of rotatable bonds is 7. The molecule has 0 aliphatic rings. The van der Waals surface area contributed by atoms with Gasteiger partial charge in [-0.3, -0.25) is 10.2 Å². The van der Waals surface area contributed by atoms with E-state index in [0.717, 1.165) is 11.1 Å². The molecule has 0 aromatic heterocycles. The molecule has 0 radical (unpaired) electrons. The number of nitrogens with two attached hydrogens (primary N) is 1. The maximum absolute atomic E-state index is 12.4. The normalized spacial score (nSPS) is 11.2. The first kappa shape index (κ1) is 19.7. The molecule has 1 amide bonds. The van der Waals surface area contributed by atoms with Crippen LogP contribution in [-0.4, -0.2) is 18.3 Å². The Balaban J connectivity index is 0.00000288. The summed E-state index contributed by atoms with van der Waals surface area (Å²) in [6.45, 7) is 2.72. The molecule has 2 aromatic rings. The topological polar surface area (TPSA) is 88.2 Å². The second-order valence-corrected chi connectivity index (χ2v) is 5.07. The number of hydrogen-bond donors (Lipinski definition) is 3. The summed E-state index contributed by atoms with van der Waals surface area (Å²) in [4.78, 5) is 12.4. The van der Waals surface area contributed by atoms with Crippen molar-refractivity contribution in [1.82, 2.24) is 5.32 Å². The smallest absolute Gasteiger partial charge is 0.254 e. The second-order valence-electron chi connectivity index (χ2n) is 5.07. The minimum Gasteiger partial charge on any atom is -0.384 e. The number of carbonyl (C=O) groups excluding carboxylic acids is 1. The minimum atomic E-state index is -0.613. The van der Waals surface area contributed by atoms with Gasteiger partial charge in [-0.1, -0.05) is 54.6 Å². The van der Waals surface area contributed by atoms with Crippen LogP contribution in [0.2, 0.25) is 0 Å². The molecule has 1 atom stereocenters. The van der Waals surface area contributed by atoms with Gasteiger partial charge in [0.15, 0.2) is 6.10 Å². The third-order valence-corrected chi connectivity index (χ3v) is 3.41. The van der Waals surface area contributed by atoms with Gasteiger partial charge in [0.25, 0.3) is 5.91 Å². The van der Waals surface area contributed by atoms with E-state index in [1.807, 2.05) is 49.4 Å². The van der Waals surface area contributed by atoms with Gasteiger partial charge in [0.05, 0.1) is 0 Å². The number of halogens is 1. The summed E-state index contributed by atoms with van der Waals surface area (Å²) in [7, 11) is 0. The van der Waals surface area contributed by atoms with Crippen molar-refractivity contribution in [1.29, 1.82) is 5.41 Å². The third-order valence-electron chi connectivity index (χ3n) is 3.41. The Kier molecular flexibility index (Phi) is 7.95. The fraction of sp³-hybridized carbons (Fsp3) is 0.222. The Hall–Kier alpha value is -2.37. The lowest BCUT2D eigenvalue weighted by atomic mass is 10.1. The predicted molar refractivity (Wildman–Crippen MR) is 97.4 cm³/mol. The van der Waals surface area contributed by atoms with E-state index in [1.165, 1.54) is 0 Å². The highest BCUT2D eigenvalue weighted by Crippen LogP contribution is 2.17. The third kappa shape index (κ3) is 5.37. The number of nitrogen functional groups attached to an aromatic ring is 1. The summed E-state index contributed by atoms with van der Waals surface area (Å²) < 4.78 is 5.57. The Bertz CT molecular complexity index is 660. The number of ether oxygens (including phenoxy) is 1. The largest absolute Gasteiger partial charge is 0.384 e. The molecule has 0 heterocycles. The number of amides is 1. The van der Waals surface area contributed by atoms with E-state index in [9.17, 15) is 4.79 Å². The lowest BCUT2D eigenvalue weighted by molar-refractivity contribution is -0.133. The Morgan fingerprint density at radius 1 is 1.17 bits per heavy atom. The maximum atomic E-state index is 12.4. The van der Waals surface area contributed by atoms with Crippen LogP contribution in [0.3, 0.4) is 0 Å². The highest BCUT2D eigenvalue weighted by Gasteiger charge is 2.20. The van der Waals surface area contributed by atoms with Crippen LogP contribution in [0.5, 0.6) is 0 Å². The number of nitrogens with one attached hydrogen (secondary N) is 2. The summed E-state index contributed by atoms with van der Waals surface area (Å²) in [6, 6.07) is 16.6. The van der Waals surface area contributed by atoms with Crippen LogP contribution in [-0.2, 0) is 16.1 Å². The van der Waals surface area contributed by atoms with E-state index in [1.54, 1.807) is 12.1 Å². The lowest BCUT2D eigenvalue weighted by Gasteiger charge is -2.17. The number of amidine groups is 1. The van der Waals surface area contributed by atoms with Gasteiger partial charge < -0.3 is 15.8 Å². The number of carbonyl (C=O) groups is 1. The van der Waals surface area contributed by atoms with Gasteiger partial charge >= 0.3 is 0 Å². The van der Waals surface area contributed by atoms with E-state index in [2.05, 4.69) is 5.32 Å². The van der Waals surface area contributed by atoms with E-state index in [-0.39, 0.29) is 24.1 Å². The van der Waals surface area contributed by atoms with E-state index in [4.69, 9.17) is 15.9 Å². The lowest BCUT2D eigenvalue weighted by Crippen LogP contribution is -2.30. The van der Waals surface area contributed by atoms with Crippen molar-refractivity contribution in [3.8, 4) is 0 Å². The summed E-state index contributed by atoms with van der Waals surface area (Å²) >= 11 is 0. The molecular weight excluding hydrogens is 326 g/mol. The Morgan fingerprint density at radius 3 is 2.33 bits per heavy atom. The second kappa shape index (κ2) is 9.70. The van der Waals surface area contributed by atoms with Crippen LogP contribution in [0.4, 0.5) is 0 Å². The number of benzene rings is 2. The molecule has 4 N–H and O–H groups in total. The van der Waals surface area contributed by atoms with Crippen molar-refractivity contribution < 1.29 is 9.53 Å². The van der Waals surface area contributed by atoms with Crippen LogP contribution >= 0.6 is 12.4 Å². The molecule has 0 aliphatic heterocycles. The van der Waals surface area contributed by atoms with Gasteiger partial charge in [-0.25, -0.2) is 0 Å². The van der Waals surface area contributed by atoms with Crippen molar-refractivity contribution in [2.45, 2.75) is 19.6 Å². The zero-order valence-electron chi connectivity index (χ0n) is 13.5. The fourth-order valence-corrected chi connectivity index (χ4v) is 2.20. The Morgan fingerprint density at radius 2 is 1.79 bits per heavy atom. The highest BCUT2D eigenvalue weighted by atomic mass is 35.5. The number of hydrogen-bond acceptors (Lipinski definition) is 3. The predicted octanol–water partition coefficient (Wildman–Crippen LogP) is 2.79. The van der Waals surface area contributed by atoms with Gasteiger partial charge in [0.1, 0.15) is 5.84 Å². The van der Waals surface area contributed by atoms with E-state index in [0.29, 0.717) is 18.7 Å². The molecule has 0 unspecified atom stereocenters.